The van der Waals surface area contributed by atoms with Crippen molar-refractivity contribution < 1.29 is 22.4 Å². The number of nitrogens with zero attached hydrogens (tertiary/aromatic N) is 2. The summed E-state index contributed by atoms with van der Waals surface area (Å²) in [6.07, 6.45) is 2.99. The van der Waals surface area contributed by atoms with Crippen molar-refractivity contribution >= 4 is 21.0 Å². The molecule has 7 nitrogen and oxygen atoms in total. The molecule has 0 bridgehead atoms. The van der Waals surface area contributed by atoms with Gasteiger partial charge in [0.2, 0.25) is 0 Å². The monoisotopic (exact) mass is 372 g/mol. The molecule has 0 spiro atoms. The molecule has 1 atom stereocenters. The number of hydrogen-bond donors (Lipinski definition) is 1. The summed E-state index contributed by atoms with van der Waals surface area (Å²) in [6.45, 7) is 2.13. The number of hydrogen-bond acceptors (Lipinski definition) is 6. The van der Waals surface area contributed by atoms with Gasteiger partial charge in [-0.15, -0.1) is 0 Å². The summed E-state index contributed by atoms with van der Waals surface area (Å²) in [4.78, 5) is 8.11. The van der Waals surface area contributed by atoms with Crippen molar-refractivity contribution in [1.29, 1.82) is 0 Å². The Balaban J connectivity index is 1.69. The first-order valence-electron chi connectivity index (χ1n) is 8.01. The highest BCUT2D eigenvalue weighted by atomic mass is 32.2. The molecule has 0 saturated heterocycles. The standard InChI is InChI=1S/C18H16N2O5S/c1-11-2-5-17(26(21,22)23)12(6-11)7-13-9-24-16-4-3-15-14(18(16)25-13)8-19-10-20-15/h2-6,8,10,13H,7,9H2,1H3,(H,21,22,23). The quantitative estimate of drug-likeness (QED) is 0.706. The number of aromatic nitrogens is 2. The van der Waals surface area contributed by atoms with Crippen molar-refractivity contribution in [3.63, 3.8) is 0 Å². The summed E-state index contributed by atoms with van der Waals surface area (Å²) < 4.78 is 44.6. The van der Waals surface area contributed by atoms with Crippen LogP contribution in [0.2, 0.25) is 0 Å². The van der Waals surface area contributed by atoms with Gasteiger partial charge in [-0.05, 0) is 30.7 Å². The summed E-state index contributed by atoms with van der Waals surface area (Å²) in [5.74, 6) is 1.14. The minimum absolute atomic E-state index is 0.112. The van der Waals surface area contributed by atoms with Crippen molar-refractivity contribution in [2.75, 3.05) is 6.61 Å². The lowest BCUT2D eigenvalue weighted by Crippen LogP contribution is -2.31. The van der Waals surface area contributed by atoms with Gasteiger partial charge in [0.05, 0.1) is 15.8 Å². The van der Waals surface area contributed by atoms with E-state index in [-0.39, 0.29) is 17.9 Å². The summed E-state index contributed by atoms with van der Waals surface area (Å²) in [5.41, 5.74) is 2.11. The Labute approximate surface area is 150 Å². The van der Waals surface area contributed by atoms with E-state index in [9.17, 15) is 13.0 Å². The maximum atomic E-state index is 11.6. The zero-order valence-electron chi connectivity index (χ0n) is 13.9. The van der Waals surface area contributed by atoms with Crippen molar-refractivity contribution in [3.8, 4) is 11.5 Å². The molecule has 4 rings (SSSR count). The maximum Gasteiger partial charge on any atom is 0.294 e. The predicted molar refractivity (Wildman–Crippen MR) is 94.1 cm³/mol. The van der Waals surface area contributed by atoms with Crippen LogP contribution >= 0.6 is 0 Å². The second kappa shape index (κ2) is 6.22. The maximum absolute atomic E-state index is 11.6. The second-order valence-corrected chi connectivity index (χ2v) is 7.58. The van der Waals surface area contributed by atoms with Gasteiger partial charge >= 0.3 is 0 Å². The Morgan fingerprint density at radius 3 is 2.92 bits per heavy atom. The molecular formula is C18H16N2O5S. The highest BCUT2D eigenvalue weighted by molar-refractivity contribution is 7.85. The van der Waals surface area contributed by atoms with Gasteiger partial charge < -0.3 is 9.47 Å². The molecule has 134 valence electrons. The molecule has 0 fully saturated rings. The summed E-state index contributed by atoms with van der Waals surface area (Å²) >= 11 is 0. The minimum Gasteiger partial charge on any atom is -0.486 e. The fourth-order valence-corrected chi connectivity index (χ4v) is 3.81. The summed E-state index contributed by atoms with van der Waals surface area (Å²) in [5, 5.41) is 0.731. The molecule has 1 aliphatic rings. The first-order valence-corrected chi connectivity index (χ1v) is 9.45. The molecule has 0 saturated carbocycles. The van der Waals surface area contributed by atoms with Crippen LogP contribution in [0.3, 0.4) is 0 Å². The first-order chi connectivity index (χ1) is 12.4. The molecule has 2 heterocycles. The number of benzene rings is 2. The molecule has 26 heavy (non-hydrogen) atoms. The smallest absolute Gasteiger partial charge is 0.294 e. The van der Waals surface area contributed by atoms with Crippen LogP contribution in [-0.4, -0.2) is 35.6 Å². The largest absolute Gasteiger partial charge is 0.486 e. The molecular weight excluding hydrogens is 356 g/mol. The van der Waals surface area contributed by atoms with Gasteiger partial charge in [0, 0.05) is 12.6 Å². The lowest BCUT2D eigenvalue weighted by Gasteiger charge is -2.27. The Morgan fingerprint density at radius 2 is 2.12 bits per heavy atom. The molecule has 0 aliphatic carbocycles. The van der Waals surface area contributed by atoms with E-state index in [1.807, 2.05) is 13.0 Å². The molecule has 1 N–H and O–H groups in total. The van der Waals surface area contributed by atoms with E-state index < -0.39 is 16.2 Å². The number of rotatable bonds is 3. The van der Waals surface area contributed by atoms with Crippen LogP contribution in [0, 0.1) is 6.92 Å². The fourth-order valence-electron chi connectivity index (χ4n) is 3.09. The van der Waals surface area contributed by atoms with E-state index in [0.717, 1.165) is 16.5 Å². The van der Waals surface area contributed by atoms with Gasteiger partial charge in [0.25, 0.3) is 10.1 Å². The Hall–Kier alpha value is -2.71. The van der Waals surface area contributed by atoms with E-state index in [0.29, 0.717) is 17.1 Å². The Kier molecular flexibility index (Phi) is 4.01. The zero-order chi connectivity index (χ0) is 18.3. The van der Waals surface area contributed by atoms with Crippen LogP contribution in [0.15, 0.2) is 47.8 Å². The third kappa shape index (κ3) is 3.09. The van der Waals surface area contributed by atoms with E-state index in [1.54, 1.807) is 24.4 Å². The number of aryl methyl sites for hydroxylation is 1. The van der Waals surface area contributed by atoms with Gasteiger partial charge in [-0.1, -0.05) is 17.7 Å². The van der Waals surface area contributed by atoms with Crippen LogP contribution in [-0.2, 0) is 16.5 Å². The highest BCUT2D eigenvalue weighted by Crippen LogP contribution is 2.38. The Morgan fingerprint density at radius 1 is 1.27 bits per heavy atom. The Bertz CT molecular complexity index is 1100. The molecule has 1 aromatic heterocycles. The minimum atomic E-state index is -4.31. The molecule has 0 radical (unpaired) electrons. The highest BCUT2D eigenvalue weighted by Gasteiger charge is 2.26. The first kappa shape index (κ1) is 16.7. The van der Waals surface area contributed by atoms with E-state index in [2.05, 4.69) is 9.97 Å². The van der Waals surface area contributed by atoms with Gasteiger partial charge in [0.1, 0.15) is 19.0 Å². The third-order valence-electron chi connectivity index (χ3n) is 4.25. The van der Waals surface area contributed by atoms with E-state index >= 15 is 0 Å². The van der Waals surface area contributed by atoms with Gasteiger partial charge in [-0.2, -0.15) is 8.42 Å². The number of ether oxygens (including phenoxy) is 2. The average Bonchev–Trinajstić information content (AvgIpc) is 2.60. The summed E-state index contributed by atoms with van der Waals surface area (Å²) in [7, 11) is -4.31. The molecule has 1 unspecified atom stereocenters. The van der Waals surface area contributed by atoms with Crippen molar-refractivity contribution in [1.82, 2.24) is 9.97 Å². The SMILES string of the molecule is Cc1ccc(S(=O)(=O)O)c(CC2COc3ccc4ncncc4c3O2)c1. The van der Waals surface area contributed by atoms with Crippen molar-refractivity contribution in [2.45, 2.75) is 24.3 Å². The molecule has 3 aromatic rings. The van der Waals surface area contributed by atoms with Crippen molar-refractivity contribution in [3.05, 3.63) is 54.0 Å². The van der Waals surface area contributed by atoms with Crippen LogP contribution in [0.1, 0.15) is 11.1 Å². The molecule has 2 aromatic carbocycles. The molecule has 8 heteroatoms. The van der Waals surface area contributed by atoms with Crippen LogP contribution in [0.4, 0.5) is 0 Å². The number of fused-ring (bicyclic) bond motifs is 3. The van der Waals surface area contributed by atoms with Crippen LogP contribution < -0.4 is 9.47 Å². The van der Waals surface area contributed by atoms with E-state index in [1.165, 1.54) is 12.4 Å². The zero-order valence-corrected chi connectivity index (χ0v) is 14.7. The second-order valence-electron chi connectivity index (χ2n) is 6.19. The lowest BCUT2D eigenvalue weighted by atomic mass is 10.0. The molecule has 0 amide bonds. The molecule has 1 aliphatic heterocycles. The topological polar surface area (TPSA) is 98.6 Å². The predicted octanol–water partition coefficient (Wildman–Crippen LogP) is 2.57. The fraction of sp³-hybridized carbons (Fsp3) is 0.222. The van der Waals surface area contributed by atoms with Gasteiger partial charge in [-0.3, -0.25) is 4.55 Å². The van der Waals surface area contributed by atoms with Crippen molar-refractivity contribution in [2.24, 2.45) is 0 Å². The third-order valence-corrected chi connectivity index (χ3v) is 5.21. The van der Waals surface area contributed by atoms with Crippen LogP contribution in [0.25, 0.3) is 10.9 Å². The normalized spacial score (nSPS) is 16.6. The lowest BCUT2D eigenvalue weighted by molar-refractivity contribution is 0.0928. The van der Waals surface area contributed by atoms with E-state index in [4.69, 9.17) is 9.47 Å². The van der Waals surface area contributed by atoms with Gasteiger partial charge in [0.15, 0.2) is 11.5 Å². The van der Waals surface area contributed by atoms with Gasteiger partial charge in [-0.25, -0.2) is 9.97 Å². The summed E-state index contributed by atoms with van der Waals surface area (Å²) in [6, 6.07) is 8.40. The average molecular weight is 372 g/mol. The van der Waals surface area contributed by atoms with Crippen LogP contribution in [0.5, 0.6) is 11.5 Å².